The number of H-pyrrole nitrogens is 1. The van der Waals surface area contributed by atoms with Crippen molar-refractivity contribution < 1.29 is 30.3 Å². The first-order chi connectivity index (χ1) is 9.79. The second kappa shape index (κ2) is 5.58. The van der Waals surface area contributed by atoms with Crippen molar-refractivity contribution in [2.45, 2.75) is 30.5 Å². The summed E-state index contributed by atoms with van der Waals surface area (Å²) in [5, 5.41) is 48.2. The van der Waals surface area contributed by atoms with E-state index in [0.717, 1.165) is 4.57 Å². The summed E-state index contributed by atoms with van der Waals surface area (Å²) < 4.78 is 5.89. The van der Waals surface area contributed by atoms with E-state index in [0.29, 0.717) is 0 Å². The minimum atomic E-state index is -1.73. The van der Waals surface area contributed by atoms with Gasteiger partial charge in [0.05, 0.1) is 6.61 Å². The third-order valence-corrected chi connectivity index (χ3v) is 3.51. The highest BCUT2D eigenvalue weighted by atomic mass is 16.5. The van der Waals surface area contributed by atoms with Crippen molar-refractivity contribution in [3.63, 3.8) is 0 Å². The monoisotopic (exact) mass is 304 g/mol. The van der Waals surface area contributed by atoms with Crippen molar-refractivity contribution in [1.82, 2.24) is 9.55 Å². The van der Waals surface area contributed by atoms with E-state index < -0.39 is 59.8 Å². The molecule has 0 unspecified atom stereocenters. The number of nitrogens with one attached hydrogen (secondary N) is 1. The Morgan fingerprint density at radius 1 is 1.19 bits per heavy atom. The second-order valence-corrected chi connectivity index (χ2v) is 4.81. The largest absolute Gasteiger partial charge is 0.494 e. The lowest BCUT2D eigenvalue weighted by Crippen LogP contribution is -2.56. The number of aromatic nitrogens is 2. The number of aromatic amines is 1. The van der Waals surface area contributed by atoms with Crippen LogP contribution in [0.25, 0.3) is 0 Å². The summed E-state index contributed by atoms with van der Waals surface area (Å²) in [6.45, 7) is -0.675. The molecule has 2 rings (SSSR count). The maximum absolute atomic E-state index is 11.8. The molecule has 6 N–H and O–H groups in total. The quantitative estimate of drug-likeness (QED) is 0.325. The molecule has 0 bridgehead atoms. The predicted octanol–water partition coefficient (Wildman–Crippen LogP) is -3.71. The van der Waals surface area contributed by atoms with Gasteiger partial charge < -0.3 is 30.3 Å². The zero-order valence-corrected chi connectivity index (χ0v) is 11.0. The number of aromatic hydroxyl groups is 1. The molecule has 0 radical (unpaired) electrons. The highest BCUT2D eigenvalue weighted by molar-refractivity contribution is 5.27. The van der Waals surface area contributed by atoms with Gasteiger partial charge in [0.25, 0.3) is 5.56 Å². The van der Waals surface area contributed by atoms with Gasteiger partial charge in [0.1, 0.15) is 36.1 Å². The van der Waals surface area contributed by atoms with E-state index in [1.807, 2.05) is 4.98 Å². The Bertz CT molecular complexity index is 636. The standard InChI is InChI=1S/C11H16N2O8/c1-13-10(19)4(9(18)12-11(13)20)8-7(17)6(16)5(15)3(2-14)21-8/h3,5-8,14-17,19H,2H2,1H3,(H,12,18,20)/t3-,5-,6+,7-,8+/m1/s1. The van der Waals surface area contributed by atoms with Gasteiger partial charge in [0.15, 0.2) is 0 Å². The van der Waals surface area contributed by atoms with Gasteiger partial charge in [-0.25, -0.2) is 4.79 Å². The SMILES string of the molecule is Cn1c(O)c([C@@H]2O[C@H](CO)[C@@H](O)[C@H](O)[C@H]2O)c(=O)[nH]c1=O. The van der Waals surface area contributed by atoms with Gasteiger partial charge in [-0.05, 0) is 0 Å². The molecule has 0 amide bonds. The van der Waals surface area contributed by atoms with E-state index in [1.54, 1.807) is 0 Å². The minimum absolute atomic E-state index is 0.478. The third kappa shape index (κ3) is 2.47. The molecule has 10 nitrogen and oxygen atoms in total. The summed E-state index contributed by atoms with van der Waals surface area (Å²) in [4.78, 5) is 25.1. The number of aliphatic hydroxyl groups excluding tert-OH is 4. The summed E-state index contributed by atoms with van der Waals surface area (Å²) in [5.74, 6) is -0.743. The van der Waals surface area contributed by atoms with E-state index in [9.17, 15) is 30.0 Å². The predicted molar refractivity (Wildman–Crippen MR) is 66.7 cm³/mol. The molecule has 1 aliphatic rings. The van der Waals surface area contributed by atoms with Crippen molar-refractivity contribution >= 4 is 0 Å². The van der Waals surface area contributed by atoms with Crippen LogP contribution in [0.3, 0.4) is 0 Å². The normalized spacial score (nSPS) is 33.1. The van der Waals surface area contributed by atoms with Crippen molar-refractivity contribution in [3.8, 4) is 5.88 Å². The molecule has 0 aromatic carbocycles. The van der Waals surface area contributed by atoms with Crippen molar-refractivity contribution in [3.05, 3.63) is 26.4 Å². The number of hydrogen-bond acceptors (Lipinski definition) is 8. The molecule has 2 heterocycles. The summed E-state index contributed by atoms with van der Waals surface area (Å²) in [5.41, 5.74) is -2.35. The lowest BCUT2D eigenvalue weighted by molar-refractivity contribution is -0.232. The van der Waals surface area contributed by atoms with Crippen molar-refractivity contribution in [2.75, 3.05) is 6.61 Å². The fourth-order valence-corrected chi connectivity index (χ4v) is 2.22. The maximum Gasteiger partial charge on any atom is 0.330 e. The number of rotatable bonds is 2. The average Bonchev–Trinajstić information content (AvgIpc) is 2.45. The van der Waals surface area contributed by atoms with Crippen LogP contribution in [0.4, 0.5) is 0 Å². The van der Waals surface area contributed by atoms with E-state index in [4.69, 9.17) is 9.84 Å². The third-order valence-electron chi connectivity index (χ3n) is 3.51. The molecular formula is C11H16N2O8. The zero-order chi connectivity index (χ0) is 15.9. The molecule has 1 aromatic heterocycles. The van der Waals surface area contributed by atoms with Gasteiger partial charge in [0.2, 0.25) is 5.88 Å². The Kier molecular flexibility index (Phi) is 4.16. The summed E-state index contributed by atoms with van der Waals surface area (Å²) in [7, 11) is 1.18. The average molecular weight is 304 g/mol. The molecular weight excluding hydrogens is 288 g/mol. The van der Waals surface area contributed by atoms with Gasteiger partial charge >= 0.3 is 5.69 Å². The van der Waals surface area contributed by atoms with Crippen molar-refractivity contribution in [2.24, 2.45) is 7.05 Å². The van der Waals surface area contributed by atoms with Crippen LogP contribution in [0.1, 0.15) is 11.7 Å². The molecule has 1 saturated heterocycles. The summed E-state index contributed by atoms with van der Waals surface area (Å²) in [6, 6.07) is 0. The summed E-state index contributed by atoms with van der Waals surface area (Å²) >= 11 is 0. The smallest absolute Gasteiger partial charge is 0.330 e. The molecule has 0 saturated carbocycles. The Morgan fingerprint density at radius 3 is 2.38 bits per heavy atom. The molecule has 118 valence electrons. The van der Waals surface area contributed by atoms with Crippen LogP contribution >= 0.6 is 0 Å². The Morgan fingerprint density at radius 2 is 1.81 bits per heavy atom. The zero-order valence-electron chi connectivity index (χ0n) is 11.0. The number of aliphatic hydroxyl groups is 4. The van der Waals surface area contributed by atoms with E-state index in [1.165, 1.54) is 7.05 Å². The van der Waals surface area contributed by atoms with Gasteiger partial charge in [-0.1, -0.05) is 0 Å². The number of ether oxygens (including phenoxy) is 1. The summed E-state index contributed by atoms with van der Waals surface area (Å²) in [6.07, 6.45) is -7.76. The Labute approximate surface area is 117 Å². The van der Waals surface area contributed by atoms with Crippen LogP contribution < -0.4 is 11.2 Å². The van der Waals surface area contributed by atoms with Gasteiger partial charge in [0, 0.05) is 7.05 Å². The van der Waals surface area contributed by atoms with Gasteiger partial charge in [-0.2, -0.15) is 0 Å². The molecule has 10 heteroatoms. The van der Waals surface area contributed by atoms with E-state index in [-0.39, 0.29) is 0 Å². The van der Waals surface area contributed by atoms with E-state index in [2.05, 4.69) is 0 Å². The first kappa shape index (κ1) is 15.7. The second-order valence-electron chi connectivity index (χ2n) is 4.81. The fraction of sp³-hybridized carbons (Fsp3) is 0.636. The van der Waals surface area contributed by atoms with Crippen LogP contribution in [0.2, 0.25) is 0 Å². The molecule has 21 heavy (non-hydrogen) atoms. The minimum Gasteiger partial charge on any atom is -0.494 e. The van der Waals surface area contributed by atoms with Crippen LogP contribution in [-0.4, -0.2) is 66.1 Å². The topological polar surface area (TPSA) is 165 Å². The lowest BCUT2D eigenvalue weighted by Gasteiger charge is -2.39. The molecule has 1 fully saturated rings. The Balaban J connectivity index is 2.53. The molecule has 1 aliphatic heterocycles. The fourth-order valence-electron chi connectivity index (χ4n) is 2.22. The van der Waals surface area contributed by atoms with Gasteiger partial charge in [-0.3, -0.25) is 14.3 Å². The van der Waals surface area contributed by atoms with Crippen molar-refractivity contribution in [1.29, 1.82) is 0 Å². The highest BCUT2D eigenvalue weighted by Crippen LogP contribution is 2.33. The van der Waals surface area contributed by atoms with Crippen LogP contribution in [0, 0.1) is 0 Å². The van der Waals surface area contributed by atoms with Crippen LogP contribution in [0.5, 0.6) is 5.88 Å². The first-order valence-corrected chi connectivity index (χ1v) is 6.12. The highest BCUT2D eigenvalue weighted by Gasteiger charge is 2.46. The van der Waals surface area contributed by atoms with E-state index >= 15 is 0 Å². The van der Waals surface area contributed by atoms with Crippen LogP contribution in [-0.2, 0) is 11.8 Å². The Hall–Kier alpha value is -1.72. The molecule has 1 aromatic rings. The maximum atomic E-state index is 11.8. The van der Waals surface area contributed by atoms with Gasteiger partial charge in [-0.15, -0.1) is 0 Å². The molecule has 5 atom stereocenters. The number of nitrogens with zero attached hydrogens (tertiary/aromatic N) is 1. The molecule has 0 spiro atoms. The number of hydrogen-bond donors (Lipinski definition) is 6. The van der Waals surface area contributed by atoms with Crippen LogP contribution in [0.15, 0.2) is 9.59 Å². The molecule has 0 aliphatic carbocycles. The first-order valence-electron chi connectivity index (χ1n) is 6.12. The lowest BCUT2D eigenvalue weighted by atomic mass is 9.92.